The number of carbonyl (C=O) groups excluding carboxylic acids is 1. The third-order valence-corrected chi connectivity index (χ3v) is 3.13. The molecule has 106 valence electrons. The van der Waals surface area contributed by atoms with Gasteiger partial charge in [-0.25, -0.2) is 0 Å². The molecule has 1 heterocycles. The molecule has 1 aromatic heterocycles. The zero-order chi connectivity index (χ0) is 14.7. The summed E-state index contributed by atoms with van der Waals surface area (Å²) in [7, 11) is 3.29. The van der Waals surface area contributed by atoms with E-state index in [0.29, 0.717) is 22.0 Å². The highest BCUT2D eigenvalue weighted by atomic mass is 35.5. The van der Waals surface area contributed by atoms with Crippen LogP contribution in [0.1, 0.15) is 11.6 Å². The van der Waals surface area contributed by atoms with Crippen LogP contribution in [0.15, 0.2) is 30.6 Å². The molecule has 0 aliphatic heterocycles. The number of halogens is 1. The van der Waals surface area contributed by atoms with Crippen LogP contribution in [0.5, 0.6) is 5.75 Å². The van der Waals surface area contributed by atoms with Crippen molar-refractivity contribution < 1.29 is 9.53 Å². The van der Waals surface area contributed by atoms with Crippen LogP contribution in [0.4, 0.5) is 5.69 Å². The van der Waals surface area contributed by atoms with Crippen molar-refractivity contribution in [1.82, 2.24) is 9.78 Å². The third-order valence-electron chi connectivity index (χ3n) is 2.80. The molecule has 0 bridgehead atoms. The molecule has 1 unspecified atom stereocenters. The summed E-state index contributed by atoms with van der Waals surface area (Å²) >= 11 is 6.02. The number of carbonyl (C=O) groups is 1. The quantitative estimate of drug-likeness (QED) is 0.899. The van der Waals surface area contributed by atoms with Crippen LogP contribution >= 0.6 is 11.6 Å². The lowest BCUT2D eigenvalue weighted by Crippen LogP contribution is -2.27. The number of aryl methyl sites for hydroxylation is 1. The van der Waals surface area contributed by atoms with Gasteiger partial charge in [0.05, 0.1) is 24.0 Å². The van der Waals surface area contributed by atoms with Gasteiger partial charge in [-0.1, -0.05) is 11.6 Å². The molecular formula is C13H15ClN4O2. The fourth-order valence-corrected chi connectivity index (χ4v) is 1.85. The van der Waals surface area contributed by atoms with E-state index >= 15 is 0 Å². The van der Waals surface area contributed by atoms with Crippen molar-refractivity contribution in [3.05, 3.63) is 41.2 Å². The Morgan fingerprint density at radius 3 is 2.90 bits per heavy atom. The van der Waals surface area contributed by atoms with Gasteiger partial charge in [0.25, 0.3) is 0 Å². The number of ether oxygens (including phenoxy) is 1. The van der Waals surface area contributed by atoms with E-state index in [1.807, 2.05) is 0 Å². The molecule has 1 amide bonds. The Labute approximate surface area is 121 Å². The molecule has 20 heavy (non-hydrogen) atoms. The lowest BCUT2D eigenvalue weighted by molar-refractivity contribution is -0.117. The van der Waals surface area contributed by atoms with Gasteiger partial charge in [0.1, 0.15) is 11.8 Å². The molecule has 0 saturated carbocycles. The van der Waals surface area contributed by atoms with Crippen molar-refractivity contribution in [2.45, 2.75) is 6.04 Å². The number of nitrogens with one attached hydrogen (secondary N) is 1. The maximum Gasteiger partial charge on any atom is 0.246 e. The van der Waals surface area contributed by atoms with Crippen molar-refractivity contribution in [2.75, 3.05) is 12.4 Å². The largest absolute Gasteiger partial charge is 0.497 e. The highest BCUT2D eigenvalue weighted by Gasteiger charge is 2.18. The summed E-state index contributed by atoms with van der Waals surface area (Å²) in [6.07, 6.45) is 3.24. The Morgan fingerprint density at radius 1 is 1.55 bits per heavy atom. The number of anilines is 1. The van der Waals surface area contributed by atoms with Crippen LogP contribution in [-0.2, 0) is 11.8 Å². The summed E-state index contributed by atoms with van der Waals surface area (Å²) in [6.45, 7) is 0. The van der Waals surface area contributed by atoms with E-state index in [1.54, 1.807) is 42.3 Å². The lowest BCUT2D eigenvalue weighted by atomic mass is 10.1. The van der Waals surface area contributed by atoms with Gasteiger partial charge >= 0.3 is 0 Å². The Balaban J connectivity index is 2.15. The molecule has 0 fully saturated rings. The number of nitrogens with two attached hydrogens (primary N) is 1. The summed E-state index contributed by atoms with van der Waals surface area (Å²) in [4.78, 5) is 12.1. The molecule has 6 nitrogen and oxygen atoms in total. The van der Waals surface area contributed by atoms with Gasteiger partial charge in [-0.05, 0) is 12.1 Å². The summed E-state index contributed by atoms with van der Waals surface area (Å²) in [5, 5.41) is 7.08. The molecule has 2 rings (SSSR count). The van der Waals surface area contributed by atoms with Crippen molar-refractivity contribution in [1.29, 1.82) is 0 Å². The zero-order valence-corrected chi connectivity index (χ0v) is 11.9. The number of aromatic nitrogens is 2. The predicted molar refractivity (Wildman–Crippen MR) is 76.8 cm³/mol. The average Bonchev–Trinajstić information content (AvgIpc) is 2.87. The van der Waals surface area contributed by atoms with Crippen LogP contribution in [0, 0.1) is 0 Å². The first-order valence-electron chi connectivity index (χ1n) is 5.90. The Kier molecular flexibility index (Phi) is 4.26. The van der Waals surface area contributed by atoms with Gasteiger partial charge in [0, 0.05) is 24.9 Å². The van der Waals surface area contributed by atoms with E-state index in [9.17, 15) is 4.79 Å². The van der Waals surface area contributed by atoms with Crippen molar-refractivity contribution in [2.24, 2.45) is 12.8 Å². The van der Waals surface area contributed by atoms with Crippen molar-refractivity contribution in [3.8, 4) is 5.75 Å². The molecule has 0 saturated heterocycles. The molecule has 2 aromatic rings. The molecule has 7 heteroatoms. The maximum atomic E-state index is 12.1. The maximum absolute atomic E-state index is 12.1. The number of amides is 1. The summed E-state index contributed by atoms with van der Waals surface area (Å²) in [6, 6.07) is 4.17. The second kappa shape index (κ2) is 5.94. The van der Waals surface area contributed by atoms with Crippen molar-refractivity contribution in [3.63, 3.8) is 0 Å². The van der Waals surface area contributed by atoms with Gasteiger partial charge in [-0.15, -0.1) is 0 Å². The van der Waals surface area contributed by atoms with E-state index < -0.39 is 6.04 Å². The van der Waals surface area contributed by atoms with E-state index in [1.165, 1.54) is 7.11 Å². The first-order valence-corrected chi connectivity index (χ1v) is 6.27. The molecule has 1 atom stereocenters. The van der Waals surface area contributed by atoms with Gasteiger partial charge < -0.3 is 15.8 Å². The third kappa shape index (κ3) is 3.09. The average molecular weight is 295 g/mol. The van der Waals surface area contributed by atoms with E-state index in [0.717, 1.165) is 0 Å². The topological polar surface area (TPSA) is 82.2 Å². The van der Waals surface area contributed by atoms with Crippen LogP contribution in [-0.4, -0.2) is 22.8 Å². The molecule has 3 N–H and O–H groups in total. The van der Waals surface area contributed by atoms with Gasteiger partial charge in [0.15, 0.2) is 0 Å². The molecule has 0 radical (unpaired) electrons. The Hall–Kier alpha value is -2.05. The normalized spacial score (nSPS) is 12.0. The SMILES string of the molecule is COc1ccc(Cl)c(NC(=O)C(N)c2cnn(C)c2)c1. The fraction of sp³-hybridized carbons (Fsp3) is 0.231. The Bertz CT molecular complexity index is 627. The number of methoxy groups -OCH3 is 1. The van der Waals surface area contributed by atoms with Crippen LogP contribution in [0.25, 0.3) is 0 Å². The number of hydrogen-bond acceptors (Lipinski definition) is 4. The summed E-state index contributed by atoms with van der Waals surface area (Å²) in [5.74, 6) is 0.229. The monoisotopic (exact) mass is 294 g/mol. The van der Waals surface area contributed by atoms with Gasteiger partial charge in [0.2, 0.25) is 5.91 Å². The second-order valence-corrected chi connectivity index (χ2v) is 4.67. The lowest BCUT2D eigenvalue weighted by Gasteiger charge is -2.12. The number of hydrogen-bond donors (Lipinski definition) is 2. The molecule has 1 aromatic carbocycles. The molecule has 0 aliphatic carbocycles. The number of benzene rings is 1. The van der Waals surface area contributed by atoms with Crippen LogP contribution < -0.4 is 15.8 Å². The predicted octanol–water partition coefficient (Wildman–Crippen LogP) is 1.72. The second-order valence-electron chi connectivity index (χ2n) is 4.26. The van der Waals surface area contributed by atoms with Gasteiger partial charge in [-0.2, -0.15) is 5.10 Å². The summed E-state index contributed by atoms with van der Waals surface area (Å²) < 4.78 is 6.67. The number of rotatable bonds is 4. The first kappa shape index (κ1) is 14.4. The zero-order valence-electron chi connectivity index (χ0n) is 11.1. The smallest absolute Gasteiger partial charge is 0.246 e. The van der Waals surface area contributed by atoms with E-state index in [4.69, 9.17) is 22.1 Å². The Morgan fingerprint density at radius 2 is 2.30 bits per heavy atom. The first-order chi connectivity index (χ1) is 9.51. The highest BCUT2D eigenvalue weighted by molar-refractivity contribution is 6.33. The van der Waals surface area contributed by atoms with E-state index in [2.05, 4.69) is 10.4 Å². The van der Waals surface area contributed by atoms with E-state index in [-0.39, 0.29) is 5.91 Å². The standard InChI is InChI=1S/C13H15ClN4O2/c1-18-7-8(6-16-18)12(15)13(19)17-11-5-9(20-2)3-4-10(11)14/h3-7,12H,15H2,1-2H3,(H,17,19). The fourth-order valence-electron chi connectivity index (χ4n) is 1.69. The van der Waals surface area contributed by atoms with Crippen molar-refractivity contribution >= 4 is 23.2 Å². The number of nitrogens with zero attached hydrogens (tertiary/aromatic N) is 2. The summed E-state index contributed by atoms with van der Waals surface area (Å²) in [5.41, 5.74) is 6.96. The molecular weight excluding hydrogens is 280 g/mol. The minimum Gasteiger partial charge on any atom is -0.497 e. The molecule has 0 aliphatic rings. The van der Waals surface area contributed by atoms with Crippen LogP contribution in [0.2, 0.25) is 5.02 Å². The highest BCUT2D eigenvalue weighted by Crippen LogP contribution is 2.27. The van der Waals surface area contributed by atoms with Gasteiger partial charge in [-0.3, -0.25) is 9.48 Å². The minimum absolute atomic E-state index is 0.367. The van der Waals surface area contributed by atoms with Crippen LogP contribution in [0.3, 0.4) is 0 Å². The molecule has 0 spiro atoms. The minimum atomic E-state index is -0.814.